The summed E-state index contributed by atoms with van der Waals surface area (Å²) in [5.41, 5.74) is 2.23. The zero-order chi connectivity index (χ0) is 12.6. The van der Waals surface area contributed by atoms with Crippen LogP contribution < -0.4 is 0 Å². The van der Waals surface area contributed by atoms with Gasteiger partial charge in [-0.25, -0.2) is 0 Å². The molecule has 0 spiro atoms. The summed E-state index contributed by atoms with van der Waals surface area (Å²) in [4.78, 5) is 0. The Morgan fingerprint density at radius 2 is 1.83 bits per heavy atom. The Labute approximate surface area is 112 Å². The molecule has 1 aliphatic carbocycles. The lowest BCUT2D eigenvalue weighted by atomic mass is 9.75. The minimum Gasteiger partial charge on any atom is -0.380 e. The number of fused-ring (bicyclic) bond motifs is 1. The minimum atomic E-state index is -0.889. The molecule has 2 heteroatoms. The maximum absolute atomic E-state index is 11.1. The molecule has 0 radical (unpaired) electrons. The first-order valence-corrected chi connectivity index (χ1v) is 6.65. The summed E-state index contributed by atoms with van der Waals surface area (Å²) in [6.45, 7) is 0. The van der Waals surface area contributed by atoms with Gasteiger partial charge in [-0.2, -0.15) is 0 Å². The lowest BCUT2D eigenvalue weighted by Gasteiger charge is -2.35. The summed E-state index contributed by atoms with van der Waals surface area (Å²) in [6.07, 6.45) is 2.77. The molecule has 1 aliphatic rings. The number of hydrogen-bond donors (Lipinski definition) is 1. The van der Waals surface area contributed by atoms with Crippen LogP contribution in [0, 0.1) is 0 Å². The van der Waals surface area contributed by atoms with Gasteiger partial charge < -0.3 is 5.11 Å². The highest BCUT2D eigenvalue weighted by Crippen LogP contribution is 2.41. The second-order valence-electron chi connectivity index (χ2n) is 4.88. The molecule has 0 aliphatic heterocycles. The smallest absolute Gasteiger partial charge is 0.115 e. The predicted molar refractivity (Wildman–Crippen MR) is 73.8 cm³/mol. The molecule has 0 saturated heterocycles. The second-order valence-corrected chi connectivity index (χ2v) is 5.32. The van der Waals surface area contributed by atoms with Crippen molar-refractivity contribution in [3.63, 3.8) is 0 Å². The van der Waals surface area contributed by atoms with Crippen LogP contribution >= 0.6 is 11.6 Å². The van der Waals surface area contributed by atoms with Gasteiger partial charge in [0.1, 0.15) is 5.60 Å². The van der Waals surface area contributed by atoms with E-state index in [0.717, 1.165) is 30.4 Å². The lowest BCUT2D eigenvalue weighted by molar-refractivity contribution is 0.0616. The number of halogens is 1. The third-order valence-corrected chi connectivity index (χ3v) is 3.99. The van der Waals surface area contributed by atoms with Crippen LogP contribution in [0.4, 0.5) is 0 Å². The Balaban J connectivity index is 2.18. The average Bonchev–Trinajstić information content (AvgIpc) is 2.41. The Morgan fingerprint density at radius 1 is 1.06 bits per heavy atom. The standard InChI is InChI=1S/C16H15ClO/c17-14-9-8-12-5-4-10-16(18,15(12)11-14)13-6-2-1-3-7-13/h1-3,6-9,11,18H,4-5,10H2/t16-/m1/s1. The van der Waals surface area contributed by atoms with Gasteiger partial charge >= 0.3 is 0 Å². The van der Waals surface area contributed by atoms with E-state index < -0.39 is 5.60 Å². The molecule has 18 heavy (non-hydrogen) atoms. The lowest BCUT2D eigenvalue weighted by Crippen LogP contribution is -2.31. The van der Waals surface area contributed by atoms with Crippen molar-refractivity contribution >= 4 is 11.6 Å². The summed E-state index contributed by atoms with van der Waals surface area (Å²) in [6, 6.07) is 15.7. The van der Waals surface area contributed by atoms with E-state index in [1.54, 1.807) is 0 Å². The molecule has 1 nitrogen and oxygen atoms in total. The predicted octanol–water partition coefficient (Wildman–Crippen LogP) is 3.91. The molecule has 0 saturated carbocycles. The van der Waals surface area contributed by atoms with Gasteiger partial charge in [-0.05, 0) is 48.1 Å². The molecule has 92 valence electrons. The van der Waals surface area contributed by atoms with Gasteiger partial charge in [0.15, 0.2) is 0 Å². The van der Waals surface area contributed by atoms with Gasteiger partial charge in [0.25, 0.3) is 0 Å². The van der Waals surface area contributed by atoms with Gasteiger partial charge in [0.05, 0.1) is 0 Å². The third kappa shape index (κ3) is 1.84. The molecule has 2 aromatic rings. The quantitative estimate of drug-likeness (QED) is 0.822. The molecule has 2 aromatic carbocycles. The van der Waals surface area contributed by atoms with Crippen LogP contribution in [0.5, 0.6) is 0 Å². The summed E-state index contributed by atoms with van der Waals surface area (Å²) in [5, 5.41) is 11.7. The number of aryl methyl sites for hydroxylation is 1. The van der Waals surface area contributed by atoms with Crippen molar-refractivity contribution in [2.24, 2.45) is 0 Å². The van der Waals surface area contributed by atoms with E-state index in [2.05, 4.69) is 0 Å². The van der Waals surface area contributed by atoms with Gasteiger partial charge in [0, 0.05) is 5.02 Å². The number of rotatable bonds is 1. The molecule has 0 unspecified atom stereocenters. The molecule has 0 heterocycles. The first-order chi connectivity index (χ1) is 8.70. The molecule has 0 bridgehead atoms. The van der Waals surface area contributed by atoms with Crippen LogP contribution in [-0.4, -0.2) is 5.11 Å². The third-order valence-electron chi connectivity index (χ3n) is 3.75. The highest BCUT2D eigenvalue weighted by Gasteiger charge is 2.35. The molecule has 0 amide bonds. The topological polar surface area (TPSA) is 20.2 Å². The molecule has 0 aromatic heterocycles. The van der Waals surface area contributed by atoms with E-state index in [0.29, 0.717) is 5.02 Å². The van der Waals surface area contributed by atoms with Gasteiger partial charge in [-0.1, -0.05) is 48.0 Å². The molecule has 0 fully saturated rings. The van der Waals surface area contributed by atoms with Gasteiger partial charge in [-0.3, -0.25) is 0 Å². The number of hydrogen-bond acceptors (Lipinski definition) is 1. The van der Waals surface area contributed by atoms with Gasteiger partial charge in [-0.15, -0.1) is 0 Å². The zero-order valence-electron chi connectivity index (χ0n) is 10.1. The number of benzene rings is 2. The highest BCUT2D eigenvalue weighted by molar-refractivity contribution is 6.30. The van der Waals surface area contributed by atoms with Crippen LogP contribution in [0.15, 0.2) is 48.5 Å². The van der Waals surface area contributed by atoms with Crippen molar-refractivity contribution in [3.05, 3.63) is 70.2 Å². The van der Waals surface area contributed by atoms with Crippen molar-refractivity contribution in [2.45, 2.75) is 24.9 Å². The minimum absolute atomic E-state index is 0.685. The van der Waals surface area contributed by atoms with Crippen LogP contribution in [0.1, 0.15) is 29.5 Å². The Bertz CT molecular complexity index is 565. The molecular formula is C16H15ClO. The fourth-order valence-corrected chi connectivity index (χ4v) is 3.01. The van der Waals surface area contributed by atoms with Crippen molar-refractivity contribution in [1.29, 1.82) is 0 Å². The molecule has 1 N–H and O–H groups in total. The van der Waals surface area contributed by atoms with Crippen LogP contribution in [0.3, 0.4) is 0 Å². The van der Waals surface area contributed by atoms with Crippen molar-refractivity contribution < 1.29 is 5.11 Å². The van der Waals surface area contributed by atoms with Crippen molar-refractivity contribution in [3.8, 4) is 0 Å². The van der Waals surface area contributed by atoms with Gasteiger partial charge in [0.2, 0.25) is 0 Å². The van der Waals surface area contributed by atoms with E-state index >= 15 is 0 Å². The Kier molecular flexibility index (Phi) is 2.89. The van der Waals surface area contributed by atoms with Crippen molar-refractivity contribution in [2.75, 3.05) is 0 Å². The fraction of sp³-hybridized carbons (Fsp3) is 0.250. The molecular weight excluding hydrogens is 244 g/mol. The van der Waals surface area contributed by atoms with E-state index in [1.807, 2.05) is 48.5 Å². The molecule has 1 atom stereocenters. The number of aliphatic hydroxyl groups is 1. The average molecular weight is 259 g/mol. The van der Waals surface area contributed by atoms with E-state index in [-0.39, 0.29) is 0 Å². The summed E-state index contributed by atoms with van der Waals surface area (Å²) >= 11 is 6.08. The fourth-order valence-electron chi connectivity index (χ4n) is 2.83. The summed E-state index contributed by atoms with van der Waals surface area (Å²) < 4.78 is 0. The summed E-state index contributed by atoms with van der Waals surface area (Å²) in [7, 11) is 0. The van der Waals surface area contributed by atoms with Crippen LogP contribution in [-0.2, 0) is 12.0 Å². The normalized spacial score (nSPS) is 22.6. The van der Waals surface area contributed by atoms with E-state index in [1.165, 1.54) is 5.56 Å². The monoisotopic (exact) mass is 258 g/mol. The highest BCUT2D eigenvalue weighted by atomic mass is 35.5. The first-order valence-electron chi connectivity index (χ1n) is 6.27. The van der Waals surface area contributed by atoms with Crippen LogP contribution in [0.2, 0.25) is 5.02 Å². The van der Waals surface area contributed by atoms with E-state index in [4.69, 9.17) is 11.6 Å². The summed E-state index contributed by atoms with van der Waals surface area (Å²) in [5.74, 6) is 0. The van der Waals surface area contributed by atoms with E-state index in [9.17, 15) is 5.11 Å². The first kappa shape index (κ1) is 11.8. The van der Waals surface area contributed by atoms with Crippen LogP contribution in [0.25, 0.3) is 0 Å². The maximum atomic E-state index is 11.1. The largest absolute Gasteiger partial charge is 0.380 e. The Hall–Kier alpha value is -1.31. The second kappa shape index (κ2) is 4.42. The van der Waals surface area contributed by atoms with Crippen molar-refractivity contribution in [1.82, 2.24) is 0 Å². The zero-order valence-corrected chi connectivity index (χ0v) is 10.8. The maximum Gasteiger partial charge on any atom is 0.115 e. The SMILES string of the molecule is O[C@@]1(c2ccccc2)CCCc2ccc(Cl)cc21. The Morgan fingerprint density at radius 3 is 2.61 bits per heavy atom. The molecule has 3 rings (SSSR count).